The van der Waals surface area contributed by atoms with Crippen molar-refractivity contribution in [2.24, 2.45) is 5.92 Å². The van der Waals surface area contributed by atoms with Crippen LogP contribution in [0.25, 0.3) is 0 Å². The normalized spacial score (nSPS) is 22.0. The van der Waals surface area contributed by atoms with Crippen molar-refractivity contribution in [1.29, 1.82) is 0 Å². The van der Waals surface area contributed by atoms with Crippen LogP contribution in [0.2, 0.25) is 0 Å². The lowest BCUT2D eigenvalue weighted by atomic mass is 9.82. The van der Waals surface area contributed by atoms with Gasteiger partial charge in [-0.25, -0.2) is 0 Å². The quantitative estimate of drug-likeness (QED) is 0.600. The zero-order valence-corrected chi connectivity index (χ0v) is 15.1. The molecule has 1 fully saturated rings. The van der Waals surface area contributed by atoms with Crippen molar-refractivity contribution in [2.45, 2.75) is 25.4 Å². The number of Topliss-reactive ketones (excluding diaryl/α,β-unsaturated/α-hetero) is 1. The zero-order chi connectivity index (χ0) is 18.8. The molecule has 3 atom stereocenters. The second-order valence-electron chi connectivity index (χ2n) is 6.35. The van der Waals surface area contributed by atoms with E-state index >= 15 is 0 Å². The third-order valence-electron chi connectivity index (χ3n) is 4.76. The van der Waals surface area contributed by atoms with Crippen molar-refractivity contribution in [3.8, 4) is 0 Å². The number of benzene rings is 2. The summed E-state index contributed by atoms with van der Waals surface area (Å²) in [6, 6.07) is 11.7. The van der Waals surface area contributed by atoms with E-state index in [1.807, 2.05) is 6.92 Å². The van der Waals surface area contributed by atoms with Crippen LogP contribution in [-0.2, 0) is 4.79 Å². The summed E-state index contributed by atoms with van der Waals surface area (Å²) in [5, 5.41) is 25.0. The second-order valence-corrected chi connectivity index (χ2v) is 6.35. The average molecular weight is 391 g/mol. The van der Waals surface area contributed by atoms with Gasteiger partial charge >= 0.3 is 0 Å². The standard InChI is InChI=1S/C18H17N3O5.ClH/c1-11-17(22)10-16(12-2-6-14(7-3-12)20(23)24)19-18(11)13-4-8-15(9-5-13)21(25)26;/h2-9,11,16,18-19H,10H2,1H3;1H/p-1. The summed E-state index contributed by atoms with van der Waals surface area (Å²) in [6.45, 7) is 1.83. The van der Waals surface area contributed by atoms with Gasteiger partial charge in [0.15, 0.2) is 0 Å². The van der Waals surface area contributed by atoms with E-state index in [4.69, 9.17) is 0 Å². The fourth-order valence-corrected chi connectivity index (χ4v) is 3.22. The minimum absolute atomic E-state index is 0. The fraction of sp³-hybridized carbons (Fsp3) is 0.278. The lowest BCUT2D eigenvalue weighted by Gasteiger charge is -2.35. The van der Waals surface area contributed by atoms with Gasteiger partial charge in [-0.05, 0) is 11.1 Å². The Hall–Kier alpha value is -2.84. The number of carbonyl (C=O) groups is 1. The highest BCUT2D eigenvalue weighted by Gasteiger charge is 2.35. The monoisotopic (exact) mass is 390 g/mol. The minimum atomic E-state index is -0.467. The molecule has 27 heavy (non-hydrogen) atoms. The van der Waals surface area contributed by atoms with Gasteiger partial charge in [0, 0.05) is 48.7 Å². The molecule has 0 aliphatic carbocycles. The molecule has 0 spiro atoms. The van der Waals surface area contributed by atoms with Gasteiger partial charge in [0.25, 0.3) is 11.4 Å². The van der Waals surface area contributed by atoms with E-state index < -0.39 is 9.85 Å². The molecule has 0 bridgehead atoms. The zero-order valence-electron chi connectivity index (χ0n) is 14.4. The second kappa shape index (κ2) is 8.24. The molecule has 8 nitrogen and oxygen atoms in total. The maximum Gasteiger partial charge on any atom is 0.269 e. The Bertz CT molecular complexity index is 854. The Balaban J connectivity index is 0.00000261. The summed E-state index contributed by atoms with van der Waals surface area (Å²) in [6.07, 6.45) is 0.294. The van der Waals surface area contributed by atoms with Gasteiger partial charge in [-0.15, -0.1) is 0 Å². The van der Waals surface area contributed by atoms with Gasteiger partial charge < -0.3 is 17.7 Å². The van der Waals surface area contributed by atoms with Gasteiger partial charge in [0.05, 0.1) is 9.85 Å². The number of rotatable bonds is 4. The maximum absolute atomic E-state index is 12.5. The van der Waals surface area contributed by atoms with Crippen LogP contribution in [0.1, 0.15) is 36.6 Å². The van der Waals surface area contributed by atoms with Crippen LogP contribution in [0.15, 0.2) is 48.5 Å². The van der Waals surface area contributed by atoms with E-state index in [9.17, 15) is 25.0 Å². The number of hydrogen-bond acceptors (Lipinski definition) is 6. The fourth-order valence-electron chi connectivity index (χ4n) is 3.22. The molecule has 1 aliphatic heterocycles. The largest absolute Gasteiger partial charge is 1.00 e. The molecule has 0 radical (unpaired) electrons. The summed E-state index contributed by atoms with van der Waals surface area (Å²) in [5.74, 6) is -0.193. The lowest BCUT2D eigenvalue weighted by molar-refractivity contribution is -0.385. The summed E-state index contributed by atoms with van der Waals surface area (Å²) in [7, 11) is 0. The third-order valence-corrected chi connectivity index (χ3v) is 4.76. The molecule has 0 amide bonds. The van der Waals surface area contributed by atoms with Crippen LogP contribution < -0.4 is 17.7 Å². The van der Waals surface area contributed by atoms with E-state index in [0.717, 1.165) is 11.1 Å². The van der Waals surface area contributed by atoms with E-state index in [1.165, 1.54) is 24.3 Å². The Morgan fingerprint density at radius 3 is 1.78 bits per heavy atom. The number of nitrogens with zero attached hydrogens (tertiary/aromatic N) is 2. The molecule has 9 heteroatoms. The molecule has 1 aliphatic rings. The van der Waals surface area contributed by atoms with E-state index in [2.05, 4.69) is 5.32 Å². The van der Waals surface area contributed by atoms with Crippen LogP contribution in [-0.4, -0.2) is 15.6 Å². The number of hydrogen-bond donors (Lipinski definition) is 1. The highest BCUT2D eigenvalue weighted by Crippen LogP contribution is 2.35. The van der Waals surface area contributed by atoms with E-state index in [-0.39, 0.29) is 47.6 Å². The smallest absolute Gasteiger partial charge is 0.269 e. The SMILES string of the molecule is CC1C(=O)CC(c2ccc([N+](=O)[O-])cc2)NC1c1ccc([N+](=O)[O-])cc1.[Cl-]. The van der Waals surface area contributed by atoms with Gasteiger partial charge in [0.1, 0.15) is 5.78 Å². The molecule has 2 aromatic carbocycles. The summed E-state index contributed by atoms with van der Waals surface area (Å²) < 4.78 is 0. The lowest BCUT2D eigenvalue weighted by Crippen LogP contribution is -3.00. The number of halogens is 1. The summed E-state index contributed by atoms with van der Waals surface area (Å²) in [5.41, 5.74) is 1.58. The predicted molar refractivity (Wildman–Crippen MR) is 93.6 cm³/mol. The highest BCUT2D eigenvalue weighted by atomic mass is 35.5. The van der Waals surface area contributed by atoms with Crippen molar-refractivity contribution in [3.05, 3.63) is 79.9 Å². The third kappa shape index (κ3) is 4.29. The van der Waals surface area contributed by atoms with Crippen molar-refractivity contribution in [2.75, 3.05) is 0 Å². The topological polar surface area (TPSA) is 115 Å². The van der Waals surface area contributed by atoms with Crippen molar-refractivity contribution < 1.29 is 27.0 Å². The Morgan fingerprint density at radius 2 is 1.33 bits per heavy atom. The molecular formula is C18H17ClN3O5-. The van der Waals surface area contributed by atoms with Gasteiger partial charge in [0.2, 0.25) is 0 Å². The van der Waals surface area contributed by atoms with E-state index in [0.29, 0.717) is 6.42 Å². The van der Waals surface area contributed by atoms with Crippen LogP contribution in [0, 0.1) is 26.1 Å². The Labute approximate surface area is 161 Å². The number of piperidine rings is 1. The van der Waals surface area contributed by atoms with Crippen LogP contribution in [0.3, 0.4) is 0 Å². The average Bonchev–Trinajstić information content (AvgIpc) is 2.64. The molecule has 1 heterocycles. The maximum atomic E-state index is 12.5. The molecule has 2 aromatic rings. The molecule has 0 aromatic heterocycles. The van der Waals surface area contributed by atoms with Crippen LogP contribution in [0.4, 0.5) is 11.4 Å². The molecule has 1 saturated heterocycles. The molecule has 0 saturated carbocycles. The first-order chi connectivity index (χ1) is 12.4. The number of nitro benzene ring substituents is 2. The van der Waals surface area contributed by atoms with Gasteiger partial charge in [-0.2, -0.15) is 0 Å². The molecule has 1 N–H and O–H groups in total. The first kappa shape index (κ1) is 20.5. The molecule has 142 valence electrons. The minimum Gasteiger partial charge on any atom is -1.00 e. The first-order valence-corrected chi connectivity index (χ1v) is 8.14. The number of nitro groups is 2. The van der Waals surface area contributed by atoms with Crippen molar-refractivity contribution in [3.63, 3.8) is 0 Å². The van der Waals surface area contributed by atoms with Crippen LogP contribution in [0.5, 0.6) is 0 Å². The summed E-state index contributed by atoms with van der Waals surface area (Å²) >= 11 is 0. The number of non-ortho nitro benzene ring substituents is 2. The number of carbonyl (C=O) groups excluding carboxylic acids is 1. The first-order valence-electron chi connectivity index (χ1n) is 8.14. The van der Waals surface area contributed by atoms with Gasteiger partial charge in [-0.1, -0.05) is 31.2 Å². The Morgan fingerprint density at radius 1 is 0.889 bits per heavy atom. The Kier molecular flexibility index (Phi) is 6.24. The summed E-state index contributed by atoms with van der Waals surface area (Å²) in [4.78, 5) is 33.1. The van der Waals surface area contributed by atoms with Crippen molar-refractivity contribution >= 4 is 17.2 Å². The van der Waals surface area contributed by atoms with E-state index in [1.54, 1.807) is 24.3 Å². The molecule has 3 unspecified atom stereocenters. The van der Waals surface area contributed by atoms with Gasteiger partial charge in [-0.3, -0.25) is 25.0 Å². The van der Waals surface area contributed by atoms with Crippen LogP contribution >= 0.6 is 0 Å². The highest BCUT2D eigenvalue weighted by molar-refractivity contribution is 5.83. The number of nitrogens with one attached hydrogen (secondary N) is 1. The molecule has 3 rings (SSSR count). The number of ketones is 1. The predicted octanol–water partition coefficient (Wildman–Crippen LogP) is 0.488. The van der Waals surface area contributed by atoms with Crippen molar-refractivity contribution in [1.82, 2.24) is 5.32 Å². The molecular weight excluding hydrogens is 374 g/mol.